The molecule has 0 atom stereocenters. The number of nitrogens with one attached hydrogen (secondary N) is 1. The van der Waals surface area contributed by atoms with Crippen molar-refractivity contribution in [1.82, 2.24) is 9.88 Å². The molecule has 4 rings (SSSR count). The van der Waals surface area contributed by atoms with Crippen LogP contribution >= 0.6 is 0 Å². The summed E-state index contributed by atoms with van der Waals surface area (Å²) in [6, 6.07) is 15.2. The summed E-state index contributed by atoms with van der Waals surface area (Å²) in [5, 5.41) is 1.00. The highest BCUT2D eigenvalue weighted by atomic mass is 19.4. The van der Waals surface area contributed by atoms with Gasteiger partial charge in [0.05, 0.1) is 6.67 Å². The predicted octanol–water partition coefficient (Wildman–Crippen LogP) is 4.49. The minimum absolute atomic E-state index is 0.141. The lowest BCUT2D eigenvalue weighted by Gasteiger charge is -2.29. The van der Waals surface area contributed by atoms with Crippen LogP contribution in [0.15, 0.2) is 59.4 Å². The molecule has 2 aromatic carbocycles. The zero-order valence-corrected chi connectivity index (χ0v) is 16.7. The quantitative estimate of drug-likeness (QED) is 0.680. The van der Waals surface area contributed by atoms with Crippen LogP contribution in [0.1, 0.15) is 19.4 Å². The number of hydrogen-bond donors (Lipinski definition) is 1. The van der Waals surface area contributed by atoms with Crippen LogP contribution in [0.2, 0.25) is 0 Å². The maximum atomic E-state index is 12.4. The van der Waals surface area contributed by atoms with E-state index in [1.54, 1.807) is 18.2 Å². The summed E-state index contributed by atoms with van der Waals surface area (Å²) >= 11 is 0. The molecule has 8 heteroatoms. The molecule has 1 fully saturated rings. The van der Waals surface area contributed by atoms with Crippen LogP contribution in [0.25, 0.3) is 10.9 Å². The summed E-state index contributed by atoms with van der Waals surface area (Å²) in [5.74, 6) is -0.239. The summed E-state index contributed by atoms with van der Waals surface area (Å²) in [5.41, 5.74) is 2.23. The second-order valence-electron chi connectivity index (χ2n) is 8.10. The zero-order valence-electron chi connectivity index (χ0n) is 16.7. The van der Waals surface area contributed by atoms with Gasteiger partial charge in [-0.2, -0.15) is 0 Å². The first-order valence-corrected chi connectivity index (χ1v) is 9.57. The fraction of sp³-hybridized carbons (Fsp3) is 0.318. The van der Waals surface area contributed by atoms with Gasteiger partial charge in [-0.25, -0.2) is 0 Å². The van der Waals surface area contributed by atoms with Crippen LogP contribution in [0.3, 0.4) is 0 Å². The van der Waals surface area contributed by atoms with Crippen molar-refractivity contribution in [2.24, 2.45) is 0 Å². The SMILES string of the molecule is CC1(C)CN(c2ccc(OC(F)(F)F)cc2)CN1Cc1cc(=O)[nH]c2ccccc12. The molecule has 1 saturated heterocycles. The van der Waals surface area contributed by atoms with Crippen molar-refractivity contribution in [2.75, 3.05) is 18.1 Å². The number of aromatic nitrogens is 1. The lowest BCUT2D eigenvalue weighted by Crippen LogP contribution is -2.39. The first kappa shape index (κ1) is 20.3. The summed E-state index contributed by atoms with van der Waals surface area (Å²) < 4.78 is 41.1. The van der Waals surface area contributed by atoms with E-state index in [1.807, 2.05) is 24.3 Å². The second-order valence-corrected chi connectivity index (χ2v) is 8.10. The number of pyridine rings is 1. The van der Waals surface area contributed by atoms with E-state index in [1.165, 1.54) is 12.1 Å². The number of anilines is 1. The van der Waals surface area contributed by atoms with Crippen LogP contribution in [0.5, 0.6) is 5.75 Å². The predicted molar refractivity (Wildman–Crippen MR) is 110 cm³/mol. The van der Waals surface area contributed by atoms with Crippen molar-refractivity contribution in [3.63, 3.8) is 0 Å². The Balaban J connectivity index is 1.55. The van der Waals surface area contributed by atoms with E-state index in [9.17, 15) is 18.0 Å². The minimum atomic E-state index is -4.70. The van der Waals surface area contributed by atoms with Gasteiger partial charge >= 0.3 is 6.36 Å². The molecule has 158 valence electrons. The number of ether oxygens (including phenoxy) is 1. The fourth-order valence-electron chi connectivity index (χ4n) is 3.92. The molecular formula is C22H22F3N3O2. The van der Waals surface area contributed by atoms with Crippen molar-refractivity contribution >= 4 is 16.6 Å². The largest absolute Gasteiger partial charge is 0.573 e. The molecule has 5 nitrogen and oxygen atoms in total. The van der Waals surface area contributed by atoms with Gasteiger partial charge in [0.1, 0.15) is 5.75 Å². The third kappa shape index (κ3) is 4.28. The summed E-state index contributed by atoms with van der Waals surface area (Å²) in [6.07, 6.45) is -4.70. The fourth-order valence-corrected chi connectivity index (χ4v) is 3.92. The van der Waals surface area contributed by atoms with Gasteiger partial charge in [-0.15, -0.1) is 13.2 Å². The van der Waals surface area contributed by atoms with Crippen molar-refractivity contribution < 1.29 is 17.9 Å². The lowest BCUT2D eigenvalue weighted by molar-refractivity contribution is -0.274. The van der Waals surface area contributed by atoms with Gasteiger partial charge < -0.3 is 14.6 Å². The summed E-state index contributed by atoms with van der Waals surface area (Å²) in [4.78, 5) is 19.3. The highest BCUT2D eigenvalue weighted by molar-refractivity contribution is 5.81. The third-order valence-electron chi connectivity index (χ3n) is 5.41. The van der Waals surface area contributed by atoms with E-state index in [0.29, 0.717) is 19.8 Å². The number of fused-ring (bicyclic) bond motifs is 1. The van der Waals surface area contributed by atoms with E-state index >= 15 is 0 Å². The van der Waals surface area contributed by atoms with Crippen molar-refractivity contribution in [3.8, 4) is 5.75 Å². The number of alkyl halides is 3. The standard InChI is InChI=1S/C22H22F3N3O2/c1-21(2)13-27(16-7-9-17(10-8-16)30-22(23,24)25)14-28(21)12-15-11-20(29)26-19-6-4-3-5-18(15)19/h3-11H,12-14H2,1-2H3,(H,26,29). The summed E-state index contributed by atoms with van der Waals surface area (Å²) in [7, 11) is 0. The van der Waals surface area contributed by atoms with E-state index in [0.717, 1.165) is 22.2 Å². The highest BCUT2D eigenvalue weighted by Gasteiger charge is 2.37. The molecule has 1 aromatic heterocycles. The smallest absolute Gasteiger partial charge is 0.406 e. The van der Waals surface area contributed by atoms with Crippen LogP contribution in [-0.2, 0) is 6.54 Å². The van der Waals surface area contributed by atoms with Crippen LogP contribution in [0, 0.1) is 0 Å². The van der Waals surface area contributed by atoms with Crippen LogP contribution < -0.4 is 15.2 Å². The second kappa shape index (κ2) is 7.36. The Bertz CT molecular complexity index is 1110. The number of rotatable bonds is 4. The lowest BCUT2D eigenvalue weighted by atomic mass is 10.0. The minimum Gasteiger partial charge on any atom is -0.406 e. The Morgan fingerprint density at radius 1 is 1.10 bits per heavy atom. The van der Waals surface area contributed by atoms with Crippen LogP contribution in [-0.4, -0.2) is 35.0 Å². The molecule has 0 saturated carbocycles. The number of nitrogens with zero attached hydrogens (tertiary/aromatic N) is 2. The molecule has 0 radical (unpaired) electrons. The normalized spacial score (nSPS) is 16.9. The van der Waals surface area contributed by atoms with Crippen molar-refractivity contribution in [1.29, 1.82) is 0 Å². The molecule has 0 unspecified atom stereocenters. The zero-order chi connectivity index (χ0) is 21.5. The first-order valence-electron chi connectivity index (χ1n) is 9.57. The molecule has 0 aliphatic carbocycles. The molecule has 2 heterocycles. The number of hydrogen-bond acceptors (Lipinski definition) is 4. The monoisotopic (exact) mass is 417 g/mol. The highest BCUT2D eigenvalue weighted by Crippen LogP contribution is 2.32. The van der Waals surface area contributed by atoms with Gasteiger partial charge in [-0.1, -0.05) is 18.2 Å². The first-order chi connectivity index (χ1) is 14.1. The van der Waals surface area contributed by atoms with Crippen molar-refractivity contribution in [3.05, 3.63) is 70.5 Å². The van der Waals surface area contributed by atoms with E-state index in [-0.39, 0.29) is 16.8 Å². The third-order valence-corrected chi connectivity index (χ3v) is 5.41. The van der Waals surface area contributed by atoms with Gasteiger partial charge in [0.25, 0.3) is 0 Å². The Labute approximate surface area is 171 Å². The number of benzene rings is 2. The Morgan fingerprint density at radius 2 is 1.80 bits per heavy atom. The molecule has 3 aromatic rings. The van der Waals surface area contributed by atoms with Gasteiger partial charge in [-0.3, -0.25) is 9.69 Å². The number of H-pyrrole nitrogens is 1. The maximum Gasteiger partial charge on any atom is 0.573 e. The molecule has 0 amide bonds. The molecule has 1 aliphatic rings. The number of para-hydroxylation sites is 1. The van der Waals surface area contributed by atoms with E-state index < -0.39 is 6.36 Å². The molecule has 1 aliphatic heterocycles. The molecule has 1 N–H and O–H groups in total. The van der Waals surface area contributed by atoms with Crippen molar-refractivity contribution in [2.45, 2.75) is 32.3 Å². The van der Waals surface area contributed by atoms with Gasteiger partial charge in [0.2, 0.25) is 5.56 Å². The van der Waals surface area contributed by atoms with E-state index in [2.05, 4.69) is 33.4 Å². The molecule has 0 bridgehead atoms. The molecule has 0 spiro atoms. The Morgan fingerprint density at radius 3 is 2.50 bits per heavy atom. The average Bonchev–Trinajstić information content (AvgIpc) is 2.95. The topological polar surface area (TPSA) is 48.6 Å². The van der Waals surface area contributed by atoms with Crippen LogP contribution in [0.4, 0.5) is 18.9 Å². The number of aromatic amines is 1. The average molecular weight is 417 g/mol. The maximum absolute atomic E-state index is 12.4. The molecular weight excluding hydrogens is 395 g/mol. The summed E-state index contributed by atoms with van der Waals surface area (Å²) in [6.45, 7) is 6.11. The van der Waals surface area contributed by atoms with Gasteiger partial charge in [0, 0.05) is 41.3 Å². The Hall–Kier alpha value is -3.00. The Kier molecular flexibility index (Phi) is 4.97. The van der Waals surface area contributed by atoms with Gasteiger partial charge in [0.15, 0.2) is 0 Å². The number of halogens is 3. The van der Waals surface area contributed by atoms with E-state index in [4.69, 9.17) is 0 Å². The van der Waals surface area contributed by atoms with Gasteiger partial charge in [-0.05, 0) is 49.7 Å². The molecule has 30 heavy (non-hydrogen) atoms.